The topological polar surface area (TPSA) is 102 Å². The van der Waals surface area contributed by atoms with Crippen molar-refractivity contribution >= 4 is 49.1 Å². The van der Waals surface area contributed by atoms with E-state index in [4.69, 9.17) is 11.6 Å². The number of sulfonamides is 1. The number of hydrogen-bond donors (Lipinski definition) is 1. The van der Waals surface area contributed by atoms with E-state index in [1.807, 2.05) is 0 Å². The summed E-state index contributed by atoms with van der Waals surface area (Å²) in [5.74, 6) is -0.429. The summed E-state index contributed by atoms with van der Waals surface area (Å²) in [5.41, 5.74) is 0.290. The van der Waals surface area contributed by atoms with E-state index in [-0.39, 0.29) is 10.6 Å². The first-order chi connectivity index (χ1) is 9.79. The Morgan fingerprint density at radius 1 is 1.29 bits per heavy atom. The number of anilines is 1. The van der Waals surface area contributed by atoms with Gasteiger partial charge in [0.05, 0.1) is 5.69 Å². The van der Waals surface area contributed by atoms with Crippen molar-refractivity contribution in [1.82, 2.24) is 4.98 Å². The summed E-state index contributed by atoms with van der Waals surface area (Å²) in [6.07, 6.45) is 0.921. The van der Waals surface area contributed by atoms with Crippen molar-refractivity contribution in [2.45, 2.75) is 4.90 Å². The number of nitrogens with one attached hydrogen (secondary N) is 1. The SMILES string of the molecule is O=[N+]([O-])c1ccc(S(=O)(=O)Nc2ccc(Cl)cc2Br)cn1. The lowest BCUT2D eigenvalue weighted by atomic mass is 10.3. The molecule has 0 aliphatic heterocycles. The smallest absolute Gasteiger partial charge is 0.358 e. The second-order valence-electron chi connectivity index (χ2n) is 3.84. The minimum atomic E-state index is -3.90. The van der Waals surface area contributed by atoms with Crippen LogP contribution < -0.4 is 4.72 Å². The molecule has 0 amide bonds. The predicted molar refractivity (Wildman–Crippen MR) is 80.9 cm³/mol. The van der Waals surface area contributed by atoms with E-state index in [1.165, 1.54) is 18.2 Å². The third-order valence-corrected chi connectivity index (χ3v) is 4.64. The largest absolute Gasteiger partial charge is 0.363 e. The number of hydrogen-bond acceptors (Lipinski definition) is 5. The molecule has 10 heteroatoms. The van der Waals surface area contributed by atoms with Crippen molar-refractivity contribution in [3.05, 3.63) is 56.1 Å². The maximum absolute atomic E-state index is 12.1. The molecular formula is C11H7BrClN3O4S. The van der Waals surface area contributed by atoms with Crippen LogP contribution in [0.5, 0.6) is 0 Å². The number of rotatable bonds is 4. The number of aromatic nitrogens is 1. The molecule has 0 aliphatic rings. The van der Waals surface area contributed by atoms with Crippen LogP contribution in [0.2, 0.25) is 5.02 Å². The van der Waals surface area contributed by atoms with E-state index in [0.717, 1.165) is 18.3 Å². The van der Waals surface area contributed by atoms with Crippen molar-refractivity contribution in [3.8, 4) is 0 Å². The zero-order chi connectivity index (χ0) is 15.6. The van der Waals surface area contributed by atoms with E-state index in [1.54, 1.807) is 0 Å². The molecule has 1 heterocycles. The Balaban J connectivity index is 2.31. The average Bonchev–Trinajstić information content (AvgIpc) is 2.42. The zero-order valence-corrected chi connectivity index (χ0v) is 13.3. The van der Waals surface area contributed by atoms with Crippen LogP contribution in [0.25, 0.3) is 0 Å². The van der Waals surface area contributed by atoms with Crippen LogP contribution in [0, 0.1) is 10.1 Å². The highest BCUT2D eigenvalue weighted by molar-refractivity contribution is 9.10. The summed E-state index contributed by atoms with van der Waals surface area (Å²) < 4.78 is 27.1. The predicted octanol–water partition coefficient (Wildman–Crippen LogP) is 3.21. The lowest BCUT2D eigenvalue weighted by Crippen LogP contribution is -2.13. The van der Waals surface area contributed by atoms with Crippen LogP contribution in [-0.4, -0.2) is 18.3 Å². The molecule has 1 aromatic heterocycles. The molecule has 0 aliphatic carbocycles. The highest BCUT2D eigenvalue weighted by atomic mass is 79.9. The van der Waals surface area contributed by atoms with Gasteiger partial charge in [0.25, 0.3) is 10.0 Å². The number of nitrogens with zero attached hydrogens (tertiary/aromatic N) is 2. The molecule has 7 nitrogen and oxygen atoms in total. The molecule has 2 aromatic rings. The molecule has 0 fully saturated rings. The molecule has 0 saturated carbocycles. The van der Waals surface area contributed by atoms with Crippen LogP contribution in [-0.2, 0) is 10.0 Å². The van der Waals surface area contributed by atoms with Gasteiger partial charge in [0.2, 0.25) is 0 Å². The molecule has 0 radical (unpaired) electrons. The highest BCUT2D eigenvalue weighted by Crippen LogP contribution is 2.28. The third-order valence-electron chi connectivity index (χ3n) is 2.39. The minimum Gasteiger partial charge on any atom is -0.358 e. The fraction of sp³-hybridized carbons (Fsp3) is 0. The summed E-state index contributed by atoms with van der Waals surface area (Å²) in [6.45, 7) is 0. The first-order valence-electron chi connectivity index (χ1n) is 5.38. The summed E-state index contributed by atoms with van der Waals surface area (Å²) in [6, 6.07) is 6.68. The van der Waals surface area contributed by atoms with Crippen LogP contribution >= 0.6 is 27.5 Å². The summed E-state index contributed by atoms with van der Waals surface area (Å²) in [4.78, 5) is 13.1. The van der Waals surface area contributed by atoms with Gasteiger partial charge in [0, 0.05) is 15.6 Å². The van der Waals surface area contributed by atoms with Crippen LogP contribution in [0.4, 0.5) is 11.5 Å². The third kappa shape index (κ3) is 3.69. The summed E-state index contributed by atoms with van der Waals surface area (Å²) in [5, 5.41) is 10.9. The highest BCUT2D eigenvalue weighted by Gasteiger charge is 2.19. The Kier molecular flexibility index (Phi) is 4.45. The number of benzene rings is 1. The Morgan fingerprint density at radius 3 is 2.52 bits per heavy atom. The first kappa shape index (κ1) is 15.7. The van der Waals surface area contributed by atoms with Gasteiger partial charge in [-0.1, -0.05) is 11.6 Å². The van der Waals surface area contributed by atoms with Crippen LogP contribution in [0.15, 0.2) is 45.9 Å². The molecule has 110 valence electrons. The second kappa shape index (κ2) is 5.96. The first-order valence-corrected chi connectivity index (χ1v) is 8.03. The number of pyridine rings is 1. The Labute approximate surface area is 133 Å². The molecule has 1 aromatic carbocycles. The van der Waals surface area contributed by atoms with E-state index < -0.39 is 20.8 Å². The Bertz CT molecular complexity index is 796. The summed E-state index contributed by atoms with van der Waals surface area (Å²) in [7, 11) is -3.90. The molecule has 0 bridgehead atoms. The van der Waals surface area contributed by atoms with Crippen molar-refractivity contribution in [3.63, 3.8) is 0 Å². The van der Waals surface area contributed by atoms with Gasteiger partial charge in [0.15, 0.2) is 6.20 Å². The van der Waals surface area contributed by atoms with E-state index >= 15 is 0 Å². The maximum atomic E-state index is 12.1. The monoisotopic (exact) mass is 391 g/mol. The second-order valence-corrected chi connectivity index (χ2v) is 6.81. The van der Waals surface area contributed by atoms with Crippen molar-refractivity contribution in [2.75, 3.05) is 4.72 Å². The average molecular weight is 393 g/mol. The van der Waals surface area contributed by atoms with Crippen molar-refractivity contribution in [2.24, 2.45) is 0 Å². The summed E-state index contributed by atoms with van der Waals surface area (Å²) >= 11 is 8.96. The number of nitro groups is 1. The van der Waals surface area contributed by atoms with Gasteiger partial charge in [-0.2, -0.15) is 0 Å². The molecule has 0 unspecified atom stereocenters. The van der Waals surface area contributed by atoms with Gasteiger partial charge in [-0.05, 0) is 50.1 Å². The molecule has 0 spiro atoms. The lowest BCUT2D eigenvalue weighted by molar-refractivity contribution is -0.389. The maximum Gasteiger partial charge on any atom is 0.363 e. The number of halogens is 2. The van der Waals surface area contributed by atoms with E-state index in [2.05, 4.69) is 25.6 Å². The van der Waals surface area contributed by atoms with Gasteiger partial charge in [-0.25, -0.2) is 8.42 Å². The minimum absolute atomic E-state index is 0.185. The molecule has 2 rings (SSSR count). The molecular weight excluding hydrogens is 386 g/mol. The van der Waals surface area contributed by atoms with Crippen LogP contribution in [0.3, 0.4) is 0 Å². The van der Waals surface area contributed by atoms with Crippen molar-refractivity contribution in [1.29, 1.82) is 0 Å². The fourth-order valence-electron chi connectivity index (χ4n) is 1.42. The molecule has 1 N–H and O–H groups in total. The van der Waals surface area contributed by atoms with Gasteiger partial charge in [0.1, 0.15) is 4.90 Å². The lowest BCUT2D eigenvalue weighted by Gasteiger charge is -2.09. The standard InChI is InChI=1S/C11H7BrClN3O4S/c12-9-5-7(13)1-3-10(9)15-21(19,20)8-2-4-11(14-6-8)16(17)18/h1-6,15H. The van der Waals surface area contributed by atoms with Gasteiger partial charge < -0.3 is 10.1 Å². The van der Waals surface area contributed by atoms with Crippen LogP contribution in [0.1, 0.15) is 0 Å². The fourth-order valence-corrected chi connectivity index (χ4v) is 3.35. The van der Waals surface area contributed by atoms with Gasteiger partial charge in [-0.15, -0.1) is 0 Å². The Morgan fingerprint density at radius 2 is 2.00 bits per heavy atom. The zero-order valence-electron chi connectivity index (χ0n) is 10.2. The van der Waals surface area contributed by atoms with Gasteiger partial charge in [-0.3, -0.25) is 4.72 Å². The van der Waals surface area contributed by atoms with E-state index in [0.29, 0.717) is 9.50 Å². The van der Waals surface area contributed by atoms with E-state index in [9.17, 15) is 18.5 Å². The van der Waals surface area contributed by atoms with Crippen molar-refractivity contribution < 1.29 is 13.3 Å². The molecule has 0 atom stereocenters. The quantitative estimate of drug-likeness (QED) is 0.636. The van der Waals surface area contributed by atoms with Gasteiger partial charge >= 0.3 is 5.82 Å². The molecule has 21 heavy (non-hydrogen) atoms. The Hall–Kier alpha value is -1.71. The molecule has 0 saturated heterocycles. The normalized spacial score (nSPS) is 11.1.